The normalized spacial score (nSPS) is 10.8. The minimum absolute atomic E-state index is 0.280. The van der Waals surface area contributed by atoms with E-state index in [9.17, 15) is 4.39 Å². The lowest BCUT2D eigenvalue weighted by Crippen LogP contribution is -2.10. The molecule has 0 aliphatic rings. The largest absolute Gasteiger partial charge is 0.399 e. The Hall–Kier alpha value is -1.13. The molecular weight excluding hydrogens is 173 g/mol. The zero-order valence-corrected chi connectivity index (χ0v) is 7.07. The first-order valence-corrected chi connectivity index (χ1v) is 3.95. The highest BCUT2D eigenvalue weighted by Gasteiger charge is 2.13. The van der Waals surface area contributed by atoms with Gasteiger partial charge in [-0.25, -0.2) is 4.39 Å². The van der Waals surface area contributed by atoms with Crippen LogP contribution in [0.25, 0.3) is 0 Å². The van der Waals surface area contributed by atoms with Gasteiger partial charge in [0.05, 0.1) is 13.2 Å². The number of hydrogen-bond acceptors (Lipinski definition) is 3. The first kappa shape index (κ1) is 9.95. The van der Waals surface area contributed by atoms with E-state index in [1.165, 1.54) is 18.2 Å². The van der Waals surface area contributed by atoms with Gasteiger partial charge in [0.2, 0.25) is 0 Å². The van der Waals surface area contributed by atoms with Gasteiger partial charge < -0.3 is 15.9 Å². The highest BCUT2D eigenvalue weighted by atomic mass is 19.1. The van der Waals surface area contributed by atoms with Crippen LogP contribution in [0.4, 0.5) is 10.1 Å². The monoisotopic (exact) mass is 185 g/mol. The third-order valence-corrected chi connectivity index (χ3v) is 1.91. The molecule has 0 fully saturated rings. The molecule has 1 rings (SSSR count). The Morgan fingerprint density at radius 2 is 1.92 bits per heavy atom. The average molecular weight is 185 g/mol. The van der Waals surface area contributed by atoms with Crippen molar-refractivity contribution in [2.24, 2.45) is 0 Å². The van der Waals surface area contributed by atoms with Crippen LogP contribution in [0.15, 0.2) is 18.2 Å². The minimum Gasteiger partial charge on any atom is -0.399 e. The van der Waals surface area contributed by atoms with E-state index < -0.39 is 11.7 Å². The number of nitrogen functional groups attached to an aromatic ring is 1. The average Bonchev–Trinajstić information content (AvgIpc) is 2.10. The molecule has 4 N–H and O–H groups in total. The Balaban J connectivity index is 2.99. The second-order valence-corrected chi connectivity index (χ2v) is 2.84. The van der Waals surface area contributed by atoms with Crippen molar-refractivity contribution in [1.29, 1.82) is 0 Å². The molecule has 0 saturated carbocycles. The van der Waals surface area contributed by atoms with E-state index in [1.54, 1.807) is 0 Å². The van der Waals surface area contributed by atoms with Crippen molar-refractivity contribution in [3.8, 4) is 0 Å². The molecule has 4 heteroatoms. The maximum Gasteiger partial charge on any atom is 0.128 e. The molecule has 0 saturated heterocycles. The fourth-order valence-corrected chi connectivity index (χ4v) is 1.13. The van der Waals surface area contributed by atoms with Crippen LogP contribution in [-0.4, -0.2) is 23.4 Å². The van der Waals surface area contributed by atoms with Gasteiger partial charge in [-0.1, -0.05) is 6.07 Å². The van der Waals surface area contributed by atoms with Crippen molar-refractivity contribution in [1.82, 2.24) is 0 Å². The Morgan fingerprint density at radius 3 is 2.38 bits per heavy atom. The molecule has 0 atom stereocenters. The molecule has 0 radical (unpaired) electrons. The third-order valence-electron chi connectivity index (χ3n) is 1.91. The lowest BCUT2D eigenvalue weighted by atomic mass is 10.00. The number of hydrogen-bond donors (Lipinski definition) is 3. The van der Waals surface area contributed by atoms with E-state index in [-0.39, 0.29) is 13.2 Å². The summed E-state index contributed by atoms with van der Waals surface area (Å²) >= 11 is 0. The van der Waals surface area contributed by atoms with Crippen LogP contribution >= 0.6 is 0 Å². The van der Waals surface area contributed by atoms with E-state index in [4.69, 9.17) is 15.9 Å². The molecule has 1 aromatic rings. The van der Waals surface area contributed by atoms with Crippen LogP contribution in [0, 0.1) is 5.82 Å². The Bertz CT molecular complexity index is 287. The Labute approximate surface area is 75.6 Å². The molecule has 0 aromatic heterocycles. The molecule has 0 amide bonds. The summed E-state index contributed by atoms with van der Waals surface area (Å²) in [5, 5.41) is 17.6. The Morgan fingerprint density at radius 1 is 1.31 bits per heavy atom. The molecule has 0 aliphatic heterocycles. The highest BCUT2D eigenvalue weighted by Crippen LogP contribution is 2.20. The maximum absolute atomic E-state index is 13.2. The summed E-state index contributed by atoms with van der Waals surface area (Å²) in [4.78, 5) is 0. The SMILES string of the molecule is Nc1ccc(C(CO)CO)c(F)c1. The summed E-state index contributed by atoms with van der Waals surface area (Å²) in [7, 11) is 0. The summed E-state index contributed by atoms with van der Waals surface area (Å²) in [6.07, 6.45) is 0. The molecule has 13 heavy (non-hydrogen) atoms. The van der Waals surface area contributed by atoms with Crippen molar-refractivity contribution in [2.45, 2.75) is 5.92 Å². The van der Waals surface area contributed by atoms with E-state index in [1.807, 2.05) is 0 Å². The number of aliphatic hydroxyl groups excluding tert-OH is 2. The van der Waals surface area contributed by atoms with Gasteiger partial charge >= 0.3 is 0 Å². The van der Waals surface area contributed by atoms with Crippen LogP contribution in [0.3, 0.4) is 0 Å². The van der Waals surface area contributed by atoms with Crippen molar-refractivity contribution < 1.29 is 14.6 Å². The van der Waals surface area contributed by atoms with Gasteiger partial charge in [0.1, 0.15) is 5.82 Å². The topological polar surface area (TPSA) is 66.5 Å². The molecule has 3 nitrogen and oxygen atoms in total. The summed E-state index contributed by atoms with van der Waals surface area (Å²) in [6.45, 7) is -0.561. The molecule has 0 heterocycles. The lowest BCUT2D eigenvalue weighted by molar-refractivity contribution is 0.190. The molecule has 1 aromatic carbocycles. The van der Waals surface area contributed by atoms with E-state index in [2.05, 4.69) is 0 Å². The van der Waals surface area contributed by atoms with Crippen LogP contribution in [-0.2, 0) is 0 Å². The fourth-order valence-electron chi connectivity index (χ4n) is 1.13. The third kappa shape index (κ3) is 2.17. The van der Waals surface area contributed by atoms with Gasteiger partial charge in [-0.3, -0.25) is 0 Å². The predicted octanol–water partition coefficient (Wildman–Crippen LogP) is 0.476. The molecule has 0 bridgehead atoms. The number of benzene rings is 1. The Kier molecular flexibility index (Phi) is 3.22. The van der Waals surface area contributed by atoms with Gasteiger partial charge in [-0.15, -0.1) is 0 Å². The molecule has 0 unspecified atom stereocenters. The first-order valence-electron chi connectivity index (χ1n) is 3.95. The summed E-state index contributed by atoms with van der Waals surface area (Å²) in [6, 6.07) is 4.19. The van der Waals surface area contributed by atoms with Crippen LogP contribution in [0.1, 0.15) is 11.5 Å². The van der Waals surface area contributed by atoms with Crippen LogP contribution in [0.5, 0.6) is 0 Å². The minimum atomic E-state index is -0.569. The maximum atomic E-state index is 13.2. The van der Waals surface area contributed by atoms with Gasteiger partial charge in [-0.2, -0.15) is 0 Å². The molecule has 0 spiro atoms. The second kappa shape index (κ2) is 4.20. The zero-order chi connectivity index (χ0) is 9.84. The molecule has 72 valence electrons. The van der Waals surface area contributed by atoms with Crippen molar-refractivity contribution in [2.75, 3.05) is 18.9 Å². The van der Waals surface area contributed by atoms with E-state index >= 15 is 0 Å². The van der Waals surface area contributed by atoms with Gasteiger partial charge in [0.25, 0.3) is 0 Å². The van der Waals surface area contributed by atoms with Crippen molar-refractivity contribution >= 4 is 5.69 Å². The van der Waals surface area contributed by atoms with E-state index in [0.29, 0.717) is 11.3 Å². The van der Waals surface area contributed by atoms with Crippen LogP contribution in [0.2, 0.25) is 0 Å². The number of rotatable bonds is 3. The smallest absolute Gasteiger partial charge is 0.128 e. The predicted molar refractivity (Wildman–Crippen MR) is 47.7 cm³/mol. The van der Waals surface area contributed by atoms with Gasteiger partial charge in [0, 0.05) is 11.6 Å². The molecular formula is C9H12FNO2. The first-order chi connectivity index (χ1) is 6.19. The quantitative estimate of drug-likeness (QED) is 0.600. The van der Waals surface area contributed by atoms with Crippen LogP contribution < -0.4 is 5.73 Å². The standard InChI is InChI=1S/C9H12FNO2/c10-9-3-7(11)1-2-8(9)6(4-12)5-13/h1-3,6,12-13H,4-5,11H2. The van der Waals surface area contributed by atoms with Gasteiger partial charge in [-0.05, 0) is 17.7 Å². The van der Waals surface area contributed by atoms with Gasteiger partial charge in [0.15, 0.2) is 0 Å². The summed E-state index contributed by atoms with van der Waals surface area (Å²) in [5.41, 5.74) is 5.97. The number of halogens is 1. The second-order valence-electron chi connectivity index (χ2n) is 2.84. The fraction of sp³-hybridized carbons (Fsp3) is 0.333. The van der Waals surface area contributed by atoms with Crippen molar-refractivity contribution in [3.05, 3.63) is 29.6 Å². The summed E-state index contributed by atoms with van der Waals surface area (Å²) in [5.74, 6) is -1.06. The molecule has 0 aliphatic carbocycles. The number of anilines is 1. The highest BCUT2D eigenvalue weighted by molar-refractivity contribution is 5.41. The van der Waals surface area contributed by atoms with E-state index in [0.717, 1.165) is 0 Å². The number of nitrogens with two attached hydrogens (primary N) is 1. The lowest BCUT2D eigenvalue weighted by Gasteiger charge is -2.12. The van der Waals surface area contributed by atoms with Crippen molar-refractivity contribution in [3.63, 3.8) is 0 Å². The number of aliphatic hydroxyl groups is 2. The summed E-state index contributed by atoms with van der Waals surface area (Å²) < 4.78 is 13.2. The zero-order valence-electron chi connectivity index (χ0n) is 7.07.